The summed E-state index contributed by atoms with van der Waals surface area (Å²) in [6.45, 7) is 1.08. The Morgan fingerprint density at radius 3 is 1.70 bits per heavy atom. The molecule has 0 atom stereocenters. The number of phenolic OH excluding ortho intramolecular Hbond substituents is 1. The maximum Gasteiger partial charge on any atom is 0.296 e. The van der Waals surface area contributed by atoms with E-state index in [4.69, 9.17) is 5.73 Å². The Labute approximate surface area is 209 Å². The minimum atomic E-state index is -5.26. The van der Waals surface area contributed by atoms with Gasteiger partial charge in [-0.15, -0.1) is 10.2 Å². The Morgan fingerprint density at radius 2 is 1.22 bits per heavy atom. The van der Waals surface area contributed by atoms with Crippen LogP contribution < -0.4 is 5.73 Å². The molecule has 0 aliphatic rings. The average molecular weight is 598 g/mol. The largest absolute Gasteiger partial charge is 0.505 e. The Morgan fingerprint density at radius 1 is 0.676 bits per heavy atom. The molecular formula is C17H15N3O13S4. The summed E-state index contributed by atoms with van der Waals surface area (Å²) in [7, 11) is -20.1. The van der Waals surface area contributed by atoms with E-state index in [2.05, 4.69) is 10.2 Å². The van der Waals surface area contributed by atoms with Gasteiger partial charge >= 0.3 is 0 Å². The highest BCUT2D eigenvalue weighted by molar-refractivity contribution is 7.86. The Kier molecular flexibility index (Phi) is 6.85. The van der Waals surface area contributed by atoms with E-state index in [-0.39, 0.29) is 5.56 Å². The number of nitrogens with zero attached hydrogens (tertiary/aromatic N) is 2. The van der Waals surface area contributed by atoms with E-state index in [0.29, 0.717) is 30.3 Å². The van der Waals surface area contributed by atoms with Crippen LogP contribution in [-0.4, -0.2) is 57.0 Å². The van der Waals surface area contributed by atoms with Gasteiger partial charge in [0, 0.05) is 11.1 Å². The second-order valence-corrected chi connectivity index (χ2v) is 13.0. The van der Waals surface area contributed by atoms with Crippen LogP contribution in [0, 0.1) is 6.92 Å². The minimum Gasteiger partial charge on any atom is -0.505 e. The number of anilines is 1. The third kappa shape index (κ3) is 5.70. The lowest BCUT2D eigenvalue weighted by Gasteiger charge is -2.12. The summed E-state index contributed by atoms with van der Waals surface area (Å²) in [5, 5.41) is 16.6. The fraction of sp³-hybridized carbons (Fsp3) is 0.0588. The number of hydrogen-bond donors (Lipinski definition) is 6. The predicted octanol–water partition coefficient (Wildman–Crippen LogP) is 1.84. The standard InChI is InChI=1S/C17H15N3O13S4/c1-7-2-13(36(28,29)30)11(6-12(7)35(25,26)27)19-20-16-14(37(31,32)33)4-8-3-9(34(22,23)24)5-10(18)15(8)17(16)21/h2-6,21H,18H2,1H3,(H,22,23,24)(H,25,26,27)(H,28,29,30)(H,31,32,33). The zero-order valence-electron chi connectivity index (χ0n) is 18.0. The van der Waals surface area contributed by atoms with Crippen LogP contribution >= 0.6 is 0 Å². The third-order valence-electron chi connectivity index (χ3n) is 4.80. The number of aryl methyl sites for hydroxylation is 1. The van der Waals surface area contributed by atoms with Crippen LogP contribution in [0.4, 0.5) is 17.1 Å². The molecule has 0 spiro atoms. The minimum absolute atomic E-state index is 0.330. The first-order chi connectivity index (χ1) is 16.6. The molecule has 0 aliphatic heterocycles. The van der Waals surface area contributed by atoms with Crippen LogP contribution in [0.5, 0.6) is 5.75 Å². The van der Waals surface area contributed by atoms with Crippen LogP contribution in [0.25, 0.3) is 10.8 Å². The number of rotatable bonds is 6. The van der Waals surface area contributed by atoms with Crippen LogP contribution in [-0.2, 0) is 40.5 Å². The zero-order chi connectivity index (χ0) is 28.3. The molecule has 0 aromatic heterocycles. The molecular weight excluding hydrogens is 582 g/mol. The van der Waals surface area contributed by atoms with Crippen LogP contribution in [0.2, 0.25) is 0 Å². The van der Waals surface area contributed by atoms with E-state index in [0.717, 1.165) is 6.92 Å². The van der Waals surface area contributed by atoms with Crippen molar-refractivity contribution in [3.8, 4) is 5.75 Å². The number of phenols is 1. The summed E-state index contributed by atoms with van der Waals surface area (Å²) in [5.74, 6) is -1.11. The van der Waals surface area contributed by atoms with Crippen molar-refractivity contribution < 1.29 is 57.0 Å². The summed E-state index contributed by atoms with van der Waals surface area (Å²) in [6, 6.07) is 3.12. The molecule has 0 bridgehead atoms. The first-order valence-corrected chi connectivity index (χ1v) is 14.9. The summed E-state index contributed by atoms with van der Waals surface area (Å²) in [5.41, 5.74) is 2.90. The number of azo groups is 1. The van der Waals surface area contributed by atoms with Gasteiger partial charge in [-0.1, -0.05) is 0 Å². The van der Waals surface area contributed by atoms with Crippen molar-refractivity contribution in [2.75, 3.05) is 5.73 Å². The summed E-state index contributed by atoms with van der Waals surface area (Å²) < 4.78 is 131. The van der Waals surface area contributed by atoms with E-state index in [1.807, 2.05) is 0 Å². The van der Waals surface area contributed by atoms with Crippen molar-refractivity contribution in [3.63, 3.8) is 0 Å². The Hall–Kier alpha value is -3.24. The van der Waals surface area contributed by atoms with Crippen LogP contribution in [0.1, 0.15) is 5.56 Å². The van der Waals surface area contributed by atoms with Crippen molar-refractivity contribution in [3.05, 3.63) is 35.9 Å². The fourth-order valence-corrected chi connectivity index (χ4v) is 5.88. The van der Waals surface area contributed by atoms with Crippen molar-refractivity contribution in [1.82, 2.24) is 0 Å². The predicted molar refractivity (Wildman–Crippen MR) is 125 cm³/mol. The lowest BCUT2D eigenvalue weighted by atomic mass is 10.1. The highest BCUT2D eigenvalue weighted by Gasteiger charge is 2.26. The number of fused-ring (bicyclic) bond motifs is 1. The number of aromatic hydroxyl groups is 1. The molecule has 3 aromatic rings. The monoisotopic (exact) mass is 597 g/mol. The molecule has 0 heterocycles. The van der Waals surface area contributed by atoms with Gasteiger partial charge in [0.1, 0.15) is 21.2 Å². The average Bonchev–Trinajstić information content (AvgIpc) is 2.70. The van der Waals surface area contributed by atoms with Crippen molar-refractivity contribution >= 4 is 68.3 Å². The molecule has 3 rings (SSSR count). The van der Waals surface area contributed by atoms with Gasteiger partial charge in [-0.2, -0.15) is 33.7 Å². The summed E-state index contributed by atoms with van der Waals surface area (Å²) >= 11 is 0. The highest BCUT2D eigenvalue weighted by atomic mass is 32.2. The van der Waals surface area contributed by atoms with Crippen LogP contribution in [0.15, 0.2) is 60.1 Å². The molecule has 0 radical (unpaired) electrons. The topological polar surface area (TPSA) is 288 Å². The maximum atomic E-state index is 12.0. The fourth-order valence-electron chi connectivity index (χ4n) is 3.25. The number of nitrogen functional groups attached to an aromatic ring is 1. The normalized spacial score (nSPS) is 13.4. The van der Waals surface area contributed by atoms with Gasteiger partial charge in [0.15, 0.2) is 5.75 Å². The second-order valence-electron chi connectivity index (χ2n) is 7.37. The van der Waals surface area contributed by atoms with Gasteiger partial charge in [-0.05, 0) is 48.2 Å². The van der Waals surface area contributed by atoms with Gasteiger partial charge in [-0.3, -0.25) is 18.2 Å². The van der Waals surface area contributed by atoms with Gasteiger partial charge in [0.05, 0.1) is 9.79 Å². The van der Waals surface area contributed by atoms with Crippen LogP contribution in [0.3, 0.4) is 0 Å². The van der Waals surface area contributed by atoms with Crippen molar-refractivity contribution in [2.24, 2.45) is 10.2 Å². The lowest BCUT2D eigenvalue weighted by molar-refractivity contribution is 0.472. The molecule has 0 saturated carbocycles. The molecule has 0 saturated heterocycles. The van der Waals surface area contributed by atoms with E-state index in [1.165, 1.54) is 0 Å². The third-order valence-corrected chi connectivity index (χ3v) is 8.38. The quantitative estimate of drug-likeness (QED) is 0.134. The molecule has 200 valence electrons. The van der Waals surface area contributed by atoms with E-state index in [9.17, 15) is 57.0 Å². The van der Waals surface area contributed by atoms with Crippen molar-refractivity contribution in [2.45, 2.75) is 26.5 Å². The van der Waals surface area contributed by atoms with E-state index < -0.39 is 93.6 Å². The molecule has 16 nitrogen and oxygen atoms in total. The molecule has 20 heteroatoms. The molecule has 7 N–H and O–H groups in total. The summed E-state index contributed by atoms with van der Waals surface area (Å²) in [6.07, 6.45) is 0. The maximum absolute atomic E-state index is 12.0. The van der Waals surface area contributed by atoms with Gasteiger partial charge < -0.3 is 10.8 Å². The number of nitrogens with two attached hydrogens (primary N) is 1. The second kappa shape index (κ2) is 8.95. The molecule has 0 fully saturated rings. The van der Waals surface area contributed by atoms with Gasteiger partial charge in [0.2, 0.25) is 0 Å². The Bertz CT molecular complexity index is 1950. The Balaban J connectivity index is 2.43. The molecule has 0 unspecified atom stereocenters. The number of benzene rings is 3. The number of hydrogen-bond acceptors (Lipinski definition) is 12. The van der Waals surface area contributed by atoms with E-state index >= 15 is 0 Å². The lowest BCUT2D eigenvalue weighted by Crippen LogP contribution is -2.05. The smallest absolute Gasteiger partial charge is 0.296 e. The first kappa shape index (κ1) is 28.3. The highest BCUT2D eigenvalue weighted by Crippen LogP contribution is 2.44. The van der Waals surface area contributed by atoms with Crippen molar-refractivity contribution in [1.29, 1.82) is 0 Å². The molecule has 3 aromatic carbocycles. The van der Waals surface area contributed by atoms with Gasteiger partial charge in [0.25, 0.3) is 40.5 Å². The molecule has 0 aliphatic carbocycles. The van der Waals surface area contributed by atoms with E-state index in [1.54, 1.807) is 0 Å². The molecule has 37 heavy (non-hydrogen) atoms. The first-order valence-electron chi connectivity index (χ1n) is 9.18. The SMILES string of the molecule is Cc1cc(S(=O)(=O)O)c(N=Nc2c(S(=O)(=O)O)cc3cc(S(=O)(=O)O)cc(N)c3c2O)cc1S(=O)(=O)O. The summed E-state index contributed by atoms with van der Waals surface area (Å²) in [4.78, 5) is -3.85. The van der Waals surface area contributed by atoms with Gasteiger partial charge in [-0.25, -0.2) is 0 Å². The zero-order valence-corrected chi connectivity index (χ0v) is 21.3. The molecule has 0 amide bonds.